The number of carbonyl (C=O) groups excluding carboxylic acids is 3. The highest BCUT2D eigenvalue weighted by molar-refractivity contribution is 6.24. The number of hydrogen-bond donors (Lipinski definition) is 1. The SMILES string of the molecule is COC(=O)C1CCC(=O)N1Cc1ccc(N=C(c2ccccc2)C2C(=O)Nc3ccc([N+](=O)[O-])cc32)cc1. The number of amides is 2. The van der Waals surface area contributed by atoms with Gasteiger partial charge in [-0.25, -0.2) is 4.79 Å². The van der Waals surface area contributed by atoms with Gasteiger partial charge in [0.1, 0.15) is 12.0 Å². The van der Waals surface area contributed by atoms with Gasteiger partial charge >= 0.3 is 5.97 Å². The zero-order valence-electron chi connectivity index (χ0n) is 20.5. The maximum absolute atomic E-state index is 13.1. The summed E-state index contributed by atoms with van der Waals surface area (Å²) in [5.74, 6) is -1.69. The van der Waals surface area contributed by atoms with Crippen molar-refractivity contribution in [2.24, 2.45) is 4.99 Å². The molecule has 3 aromatic carbocycles. The largest absolute Gasteiger partial charge is 0.467 e. The van der Waals surface area contributed by atoms with Crippen molar-refractivity contribution in [3.05, 3.63) is 99.6 Å². The molecule has 2 atom stereocenters. The maximum Gasteiger partial charge on any atom is 0.328 e. The number of methoxy groups -OCH3 is 1. The van der Waals surface area contributed by atoms with Gasteiger partial charge in [-0.1, -0.05) is 42.5 Å². The Morgan fingerprint density at radius 3 is 2.53 bits per heavy atom. The number of esters is 1. The zero-order chi connectivity index (χ0) is 26.8. The number of nitro groups is 1. The van der Waals surface area contributed by atoms with Crippen LogP contribution in [0, 0.1) is 10.1 Å². The second-order valence-electron chi connectivity index (χ2n) is 9.08. The molecule has 0 aliphatic carbocycles. The number of aliphatic imine (C=N–C) groups is 1. The van der Waals surface area contributed by atoms with Crippen molar-refractivity contribution in [2.75, 3.05) is 12.4 Å². The molecule has 38 heavy (non-hydrogen) atoms. The summed E-state index contributed by atoms with van der Waals surface area (Å²) in [5.41, 5.74) is 3.44. The first kappa shape index (κ1) is 24.8. The molecule has 5 rings (SSSR count). The Balaban J connectivity index is 1.48. The first-order chi connectivity index (χ1) is 18.4. The molecule has 2 aliphatic rings. The number of hydrogen-bond acceptors (Lipinski definition) is 7. The van der Waals surface area contributed by atoms with E-state index in [4.69, 9.17) is 9.73 Å². The highest BCUT2D eigenvalue weighted by Gasteiger charge is 2.38. The molecule has 1 fully saturated rings. The summed E-state index contributed by atoms with van der Waals surface area (Å²) in [7, 11) is 1.31. The molecule has 0 aromatic heterocycles. The van der Waals surface area contributed by atoms with Crippen LogP contribution in [0.25, 0.3) is 0 Å². The Morgan fingerprint density at radius 2 is 1.84 bits per heavy atom. The number of nitrogens with one attached hydrogen (secondary N) is 1. The number of fused-ring (bicyclic) bond motifs is 1. The van der Waals surface area contributed by atoms with E-state index in [0.29, 0.717) is 41.1 Å². The number of likely N-dealkylation sites (tertiary alicyclic amines) is 1. The summed E-state index contributed by atoms with van der Waals surface area (Å²) >= 11 is 0. The van der Waals surface area contributed by atoms with Crippen LogP contribution in [-0.4, -0.2) is 46.5 Å². The fourth-order valence-corrected chi connectivity index (χ4v) is 4.86. The standard InChI is InChI=1S/C28H24N4O6/c1-38-28(35)23-13-14-24(33)31(23)16-17-7-9-19(10-8-17)29-26(18-5-3-2-4-6-18)25-21-15-20(32(36)37)11-12-22(21)30-27(25)34/h2-12,15,23,25H,13-14,16H2,1H3,(H,30,34). The zero-order valence-corrected chi connectivity index (χ0v) is 20.5. The lowest BCUT2D eigenvalue weighted by Gasteiger charge is -2.22. The van der Waals surface area contributed by atoms with Gasteiger partial charge in [0.15, 0.2) is 0 Å². The monoisotopic (exact) mass is 512 g/mol. The van der Waals surface area contributed by atoms with Crippen molar-refractivity contribution in [2.45, 2.75) is 31.3 Å². The molecule has 0 spiro atoms. The highest BCUT2D eigenvalue weighted by atomic mass is 16.6. The number of anilines is 1. The van der Waals surface area contributed by atoms with Crippen LogP contribution in [0.1, 0.15) is 35.4 Å². The minimum absolute atomic E-state index is 0.103. The highest BCUT2D eigenvalue weighted by Crippen LogP contribution is 2.38. The van der Waals surface area contributed by atoms with Gasteiger partial charge in [-0.05, 0) is 35.7 Å². The predicted molar refractivity (Wildman–Crippen MR) is 139 cm³/mol. The fourth-order valence-electron chi connectivity index (χ4n) is 4.86. The average Bonchev–Trinajstić information content (AvgIpc) is 3.46. The number of benzene rings is 3. The van der Waals surface area contributed by atoms with Crippen LogP contribution in [0.3, 0.4) is 0 Å². The van der Waals surface area contributed by atoms with Crippen molar-refractivity contribution in [3.8, 4) is 0 Å². The van der Waals surface area contributed by atoms with Gasteiger partial charge < -0.3 is 15.0 Å². The van der Waals surface area contributed by atoms with E-state index in [1.807, 2.05) is 42.5 Å². The predicted octanol–water partition coefficient (Wildman–Crippen LogP) is 4.12. The summed E-state index contributed by atoms with van der Waals surface area (Å²) in [6, 6.07) is 20.1. The molecule has 192 valence electrons. The van der Waals surface area contributed by atoms with Crippen LogP contribution < -0.4 is 5.32 Å². The molecule has 10 heteroatoms. The summed E-state index contributed by atoms with van der Waals surface area (Å²) in [6.07, 6.45) is 0.725. The van der Waals surface area contributed by atoms with E-state index < -0.39 is 22.9 Å². The Bertz CT molecular complexity index is 1450. The first-order valence-corrected chi connectivity index (χ1v) is 12.0. The van der Waals surface area contributed by atoms with Crippen LogP contribution >= 0.6 is 0 Å². The van der Waals surface area contributed by atoms with E-state index >= 15 is 0 Å². The Kier molecular flexibility index (Phi) is 6.69. The molecular weight excluding hydrogens is 488 g/mol. The minimum atomic E-state index is -0.838. The second kappa shape index (κ2) is 10.3. The van der Waals surface area contributed by atoms with Crippen molar-refractivity contribution in [1.82, 2.24) is 4.90 Å². The molecule has 2 amide bonds. The van der Waals surface area contributed by atoms with Gasteiger partial charge in [0, 0.05) is 36.3 Å². The number of nitrogens with zero attached hydrogens (tertiary/aromatic N) is 3. The van der Waals surface area contributed by atoms with Gasteiger partial charge in [-0.3, -0.25) is 24.7 Å². The Morgan fingerprint density at radius 1 is 1.11 bits per heavy atom. The number of carbonyl (C=O) groups is 3. The first-order valence-electron chi connectivity index (χ1n) is 12.0. The van der Waals surface area contributed by atoms with E-state index in [1.165, 1.54) is 30.2 Å². The van der Waals surface area contributed by atoms with Crippen molar-refractivity contribution in [3.63, 3.8) is 0 Å². The van der Waals surface area contributed by atoms with E-state index in [9.17, 15) is 24.5 Å². The van der Waals surface area contributed by atoms with Gasteiger partial charge in [-0.2, -0.15) is 0 Å². The van der Waals surface area contributed by atoms with E-state index in [2.05, 4.69) is 5.32 Å². The van der Waals surface area contributed by atoms with Crippen molar-refractivity contribution < 1.29 is 24.0 Å². The van der Waals surface area contributed by atoms with E-state index in [-0.39, 0.29) is 24.0 Å². The summed E-state index contributed by atoms with van der Waals surface area (Å²) in [4.78, 5) is 54.7. The summed E-state index contributed by atoms with van der Waals surface area (Å²) in [6.45, 7) is 0.260. The van der Waals surface area contributed by atoms with Gasteiger partial charge in [-0.15, -0.1) is 0 Å². The third-order valence-electron chi connectivity index (χ3n) is 6.76. The third-order valence-corrected chi connectivity index (χ3v) is 6.76. The Labute approximate surface area is 218 Å². The minimum Gasteiger partial charge on any atom is -0.467 e. The van der Waals surface area contributed by atoms with Gasteiger partial charge in [0.2, 0.25) is 11.8 Å². The van der Waals surface area contributed by atoms with Crippen LogP contribution in [0.5, 0.6) is 0 Å². The lowest BCUT2D eigenvalue weighted by Crippen LogP contribution is -2.38. The molecule has 0 radical (unpaired) electrons. The molecule has 0 saturated carbocycles. The van der Waals surface area contributed by atoms with E-state index in [0.717, 1.165) is 5.56 Å². The smallest absolute Gasteiger partial charge is 0.328 e. The quantitative estimate of drug-likeness (QED) is 0.219. The summed E-state index contributed by atoms with van der Waals surface area (Å²) < 4.78 is 4.84. The average molecular weight is 513 g/mol. The van der Waals surface area contributed by atoms with Crippen molar-refractivity contribution >= 4 is 40.6 Å². The molecule has 2 heterocycles. The topological polar surface area (TPSA) is 131 Å². The lowest BCUT2D eigenvalue weighted by atomic mass is 9.90. The molecule has 2 aliphatic heterocycles. The Hall–Kier alpha value is -4.86. The van der Waals surface area contributed by atoms with E-state index in [1.54, 1.807) is 12.1 Å². The fraction of sp³-hybridized carbons (Fsp3) is 0.214. The molecule has 3 aromatic rings. The molecule has 2 unspecified atom stereocenters. The van der Waals surface area contributed by atoms with Gasteiger partial charge in [0.05, 0.1) is 23.4 Å². The molecule has 0 bridgehead atoms. The van der Waals surface area contributed by atoms with Gasteiger partial charge in [0.25, 0.3) is 5.69 Å². The van der Waals surface area contributed by atoms with Crippen LogP contribution in [0.4, 0.5) is 17.1 Å². The lowest BCUT2D eigenvalue weighted by molar-refractivity contribution is -0.384. The maximum atomic E-state index is 13.1. The number of ether oxygens (including phenoxy) is 1. The normalized spacial score (nSPS) is 18.8. The number of rotatable bonds is 7. The summed E-state index contributed by atoms with van der Waals surface area (Å²) in [5, 5.41) is 14.2. The number of non-ortho nitro benzene ring substituents is 1. The second-order valence-corrected chi connectivity index (χ2v) is 9.08. The molecule has 1 N–H and O–H groups in total. The van der Waals surface area contributed by atoms with Crippen LogP contribution in [0.2, 0.25) is 0 Å². The van der Waals surface area contributed by atoms with Crippen molar-refractivity contribution in [1.29, 1.82) is 0 Å². The molecule has 1 saturated heterocycles. The number of nitro benzene ring substituents is 1. The molecular formula is C28H24N4O6. The van der Waals surface area contributed by atoms with Crippen LogP contribution in [0.15, 0.2) is 77.8 Å². The third kappa shape index (κ3) is 4.75. The van der Waals surface area contributed by atoms with Crippen LogP contribution in [-0.2, 0) is 25.7 Å². The molecule has 10 nitrogen and oxygen atoms in total.